The zero-order chi connectivity index (χ0) is 17.5. The van der Waals surface area contributed by atoms with Crippen molar-refractivity contribution in [1.82, 2.24) is 20.4 Å². The van der Waals surface area contributed by atoms with Gasteiger partial charge in [0, 0.05) is 32.4 Å². The molecule has 3 N–H and O–H groups in total. The number of rotatable bonds is 6. The van der Waals surface area contributed by atoms with Gasteiger partial charge in [-0.25, -0.2) is 4.39 Å². The van der Waals surface area contributed by atoms with Crippen LogP contribution in [-0.2, 0) is 13.1 Å². The monoisotopic (exact) mass is 461 g/mol. The summed E-state index contributed by atoms with van der Waals surface area (Å²) >= 11 is 0. The number of nitrogens with one attached hydrogen (secondary N) is 2. The Balaban J connectivity index is 0.00000312. The third-order valence-electron chi connectivity index (χ3n) is 3.64. The minimum atomic E-state index is -0.623. The number of aromatic hydroxyl groups is 1. The molecule has 8 heteroatoms. The number of phenolic OH excluding ortho intramolecular Hbond substituents is 1. The first-order chi connectivity index (χ1) is 11.5. The van der Waals surface area contributed by atoms with Gasteiger partial charge in [-0.05, 0) is 44.0 Å². The van der Waals surface area contributed by atoms with Gasteiger partial charge >= 0.3 is 0 Å². The van der Waals surface area contributed by atoms with Crippen LogP contribution in [0.1, 0.15) is 23.4 Å². The van der Waals surface area contributed by atoms with Crippen molar-refractivity contribution in [2.75, 3.05) is 13.6 Å². The third-order valence-corrected chi connectivity index (χ3v) is 3.64. The molecular weight excluding hydrogens is 436 g/mol. The SMILES string of the molecule is CN=C(NCCCn1nc(C)cc1C)NCc1ccc(O)c(F)c1.I. The van der Waals surface area contributed by atoms with Gasteiger partial charge in [-0.3, -0.25) is 9.67 Å². The number of nitrogens with zero attached hydrogens (tertiary/aromatic N) is 3. The number of benzene rings is 1. The van der Waals surface area contributed by atoms with E-state index in [0.29, 0.717) is 12.5 Å². The van der Waals surface area contributed by atoms with Gasteiger partial charge in [0.15, 0.2) is 17.5 Å². The van der Waals surface area contributed by atoms with Crippen LogP contribution in [0.4, 0.5) is 4.39 Å². The van der Waals surface area contributed by atoms with E-state index in [1.807, 2.05) is 18.5 Å². The Kier molecular flexibility index (Phi) is 8.67. The van der Waals surface area contributed by atoms with E-state index in [9.17, 15) is 9.50 Å². The Morgan fingerprint density at radius 1 is 1.28 bits per heavy atom. The number of aliphatic imine (C=N–C) groups is 1. The summed E-state index contributed by atoms with van der Waals surface area (Å²) < 4.78 is 15.3. The molecular formula is C17H25FIN5O. The molecule has 1 aromatic heterocycles. The molecule has 0 amide bonds. The zero-order valence-corrected chi connectivity index (χ0v) is 17.0. The Morgan fingerprint density at radius 2 is 2.04 bits per heavy atom. The maximum Gasteiger partial charge on any atom is 0.191 e. The maximum atomic E-state index is 13.3. The fourth-order valence-corrected chi connectivity index (χ4v) is 2.40. The molecule has 0 bridgehead atoms. The van der Waals surface area contributed by atoms with Crippen LogP contribution in [0.5, 0.6) is 5.75 Å². The van der Waals surface area contributed by atoms with Crippen molar-refractivity contribution in [1.29, 1.82) is 0 Å². The summed E-state index contributed by atoms with van der Waals surface area (Å²) in [4.78, 5) is 4.14. The second-order valence-corrected chi connectivity index (χ2v) is 5.64. The van der Waals surface area contributed by atoms with Gasteiger partial charge in [0.25, 0.3) is 0 Å². The zero-order valence-electron chi connectivity index (χ0n) is 14.7. The van der Waals surface area contributed by atoms with Crippen molar-refractivity contribution in [3.63, 3.8) is 0 Å². The Labute approximate surface area is 164 Å². The van der Waals surface area contributed by atoms with Crippen molar-refractivity contribution in [2.45, 2.75) is 33.4 Å². The summed E-state index contributed by atoms with van der Waals surface area (Å²) in [6.45, 7) is 6.05. The summed E-state index contributed by atoms with van der Waals surface area (Å²) in [6.07, 6.45) is 0.913. The normalized spacial score (nSPS) is 11.1. The van der Waals surface area contributed by atoms with Gasteiger partial charge in [-0.15, -0.1) is 24.0 Å². The summed E-state index contributed by atoms with van der Waals surface area (Å²) in [5.74, 6) is -0.315. The number of aromatic nitrogens is 2. The number of halogens is 2. The summed E-state index contributed by atoms with van der Waals surface area (Å²) in [5.41, 5.74) is 2.92. The van der Waals surface area contributed by atoms with E-state index in [-0.39, 0.29) is 29.7 Å². The quantitative estimate of drug-likeness (QED) is 0.268. The third kappa shape index (κ3) is 6.52. The van der Waals surface area contributed by atoms with Crippen LogP contribution in [0.25, 0.3) is 0 Å². The first-order valence-corrected chi connectivity index (χ1v) is 7.92. The minimum absolute atomic E-state index is 0. The molecule has 138 valence electrons. The number of phenols is 1. The van der Waals surface area contributed by atoms with Crippen molar-refractivity contribution >= 4 is 29.9 Å². The highest BCUT2D eigenvalue weighted by Gasteiger charge is 2.04. The average molecular weight is 461 g/mol. The van der Waals surface area contributed by atoms with Gasteiger partial charge in [-0.2, -0.15) is 5.10 Å². The maximum absolute atomic E-state index is 13.3. The number of hydrogen-bond acceptors (Lipinski definition) is 3. The van der Waals surface area contributed by atoms with Crippen LogP contribution in [0.3, 0.4) is 0 Å². The molecule has 6 nitrogen and oxygen atoms in total. The Morgan fingerprint density at radius 3 is 2.64 bits per heavy atom. The Bertz CT molecular complexity index is 717. The van der Waals surface area contributed by atoms with Crippen LogP contribution < -0.4 is 10.6 Å². The fourth-order valence-electron chi connectivity index (χ4n) is 2.40. The second kappa shape index (κ2) is 10.2. The summed E-state index contributed by atoms with van der Waals surface area (Å²) in [7, 11) is 1.69. The van der Waals surface area contributed by atoms with Gasteiger partial charge in [0.2, 0.25) is 0 Å². The first kappa shape index (κ1) is 21.2. The largest absolute Gasteiger partial charge is 0.505 e. The van der Waals surface area contributed by atoms with Crippen LogP contribution in [0.2, 0.25) is 0 Å². The van der Waals surface area contributed by atoms with E-state index >= 15 is 0 Å². The van der Waals surface area contributed by atoms with Crippen molar-refractivity contribution in [3.8, 4) is 5.75 Å². The lowest BCUT2D eigenvalue weighted by Gasteiger charge is -2.12. The first-order valence-electron chi connectivity index (χ1n) is 7.92. The molecule has 0 unspecified atom stereocenters. The summed E-state index contributed by atoms with van der Waals surface area (Å²) in [6, 6.07) is 6.38. The predicted molar refractivity (Wildman–Crippen MR) is 108 cm³/mol. The fraction of sp³-hybridized carbons (Fsp3) is 0.412. The van der Waals surface area contributed by atoms with E-state index in [4.69, 9.17) is 0 Å². The topological polar surface area (TPSA) is 74.5 Å². The lowest BCUT2D eigenvalue weighted by molar-refractivity contribution is 0.431. The minimum Gasteiger partial charge on any atom is -0.505 e. The van der Waals surface area contributed by atoms with Gasteiger partial charge in [0.05, 0.1) is 5.69 Å². The molecule has 0 aliphatic heterocycles. The molecule has 0 aliphatic rings. The second-order valence-electron chi connectivity index (χ2n) is 5.64. The lowest BCUT2D eigenvalue weighted by atomic mass is 10.2. The molecule has 0 radical (unpaired) electrons. The van der Waals surface area contributed by atoms with Crippen molar-refractivity contribution < 1.29 is 9.50 Å². The molecule has 25 heavy (non-hydrogen) atoms. The molecule has 0 aliphatic carbocycles. The van der Waals surface area contributed by atoms with Crippen LogP contribution in [-0.4, -0.2) is 34.4 Å². The van der Waals surface area contributed by atoms with Gasteiger partial charge in [0.1, 0.15) is 0 Å². The average Bonchev–Trinajstić information content (AvgIpc) is 2.87. The van der Waals surface area contributed by atoms with Crippen molar-refractivity contribution in [3.05, 3.63) is 47.0 Å². The van der Waals surface area contributed by atoms with E-state index in [0.717, 1.165) is 36.5 Å². The van der Waals surface area contributed by atoms with Crippen LogP contribution in [0.15, 0.2) is 29.3 Å². The molecule has 0 atom stereocenters. The molecule has 2 rings (SSSR count). The number of guanidine groups is 1. The predicted octanol–water partition coefficient (Wildman–Crippen LogP) is 2.72. The molecule has 1 heterocycles. The van der Waals surface area contributed by atoms with E-state index in [2.05, 4.69) is 26.8 Å². The molecule has 0 spiro atoms. The van der Waals surface area contributed by atoms with E-state index in [1.165, 1.54) is 12.1 Å². The molecule has 2 aromatic rings. The summed E-state index contributed by atoms with van der Waals surface area (Å²) in [5, 5.41) is 19.9. The number of aryl methyl sites for hydroxylation is 3. The number of hydrogen-bond donors (Lipinski definition) is 3. The smallest absolute Gasteiger partial charge is 0.191 e. The molecule has 0 fully saturated rings. The van der Waals surface area contributed by atoms with E-state index in [1.54, 1.807) is 13.1 Å². The molecule has 0 saturated heterocycles. The van der Waals surface area contributed by atoms with Crippen LogP contribution in [0, 0.1) is 19.7 Å². The lowest BCUT2D eigenvalue weighted by Crippen LogP contribution is -2.37. The van der Waals surface area contributed by atoms with Crippen LogP contribution >= 0.6 is 24.0 Å². The highest BCUT2D eigenvalue weighted by molar-refractivity contribution is 14.0. The highest BCUT2D eigenvalue weighted by atomic mass is 127. The van der Waals surface area contributed by atoms with Crippen molar-refractivity contribution in [2.24, 2.45) is 4.99 Å². The molecule has 0 saturated carbocycles. The van der Waals surface area contributed by atoms with E-state index < -0.39 is 5.82 Å². The van der Waals surface area contributed by atoms with Gasteiger partial charge in [-0.1, -0.05) is 6.07 Å². The standard InChI is InChI=1S/C17H24FN5O.HI/c1-12-9-13(2)23(22-12)8-4-7-20-17(19-3)21-11-14-5-6-16(24)15(18)10-14;/h5-6,9-10,24H,4,7-8,11H2,1-3H3,(H2,19,20,21);1H. The highest BCUT2D eigenvalue weighted by Crippen LogP contribution is 2.15. The van der Waals surface area contributed by atoms with Gasteiger partial charge < -0.3 is 15.7 Å². The Hall–Kier alpha value is -1.84. The molecule has 1 aromatic carbocycles.